The second kappa shape index (κ2) is 8.41. The van der Waals surface area contributed by atoms with Crippen LogP contribution in [0.5, 0.6) is 5.75 Å². The van der Waals surface area contributed by atoms with Crippen LogP contribution in [0.1, 0.15) is 60.8 Å². The van der Waals surface area contributed by atoms with E-state index in [1.165, 1.54) is 19.2 Å². The number of ether oxygens (including phenoxy) is 1. The SMILES string of the molecule is COc1ccc(F)cc1NC(=O)c1nc([C@@H](C)NC(=O)C2CCCC2)oc1C. The molecule has 7 nitrogen and oxygen atoms in total. The molecule has 0 radical (unpaired) electrons. The summed E-state index contributed by atoms with van der Waals surface area (Å²) < 4.78 is 24.2. The Hall–Kier alpha value is -2.90. The highest BCUT2D eigenvalue weighted by Crippen LogP contribution is 2.27. The van der Waals surface area contributed by atoms with Crippen LogP contribution in [0, 0.1) is 18.7 Å². The third kappa shape index (κ3) is 4.32. The molecule has 0 unspecified atom stereocenters. The third-order valence-electron chi connectivity index (χ3n) is 4.89. The van der Waals surface area contributed by atoms with Gasteiger partial charge in [-0.25, -0.2) is 9.37 Å². The van der Waals surface area contributed by atoms with Crippen molar-refractivity contribution in [1.82, 2.24) is 10.3 Å². The quantitative estimate of drug-likeness (QED) is 0.785. The number of nitrogens with one attached hydrogen (secondary N) is 2. The number of anilines is 1. The van der Waals surface area contributed by atoms with E-state index in [9.17, 15) is 14.0 Å². The summed E-state index contributed by atoms with van der Waals surface area (Å²) in [5.41, 5.74) is 0.266. The van der Waals surface area contributed by atoms with Gasteiger partial charge in [0.15, 0.2) is 5.69 Å². The number of halogens is 1. The first kappa shape index (κ1) is 19.9. The average molecular weight is 389 g/mol. The Balaban J connectivity index is 1.71. The lowest BCUT2D eigenvalue weighted by molar-refractivity contribution is -0.125. The fourth-order valence-corrected chi connectivity index (χ4v) is 3.35. The molecule has 0 saturated heterocycles. The molecule has 1 aliphatic carbocycles. The number of rotatable bonds is 6. The van der Waals surface area contributed by atoms with Crippen LogP contribution in [0.15, 0.2) is 22.6 Å². The molecule has 1 atom stereocenters. The molecule has 0 aliphatic heterocycles. The van der Waals surface area contributed by atoms with Gasteiger partial charge in [-0.3, -0.25) is 9.59 Å². The van der Waals surface area contributed by atoms with Gasteiger partial charge < -0.3 is 19.8 Å². The fraction of sp³-hybridized carbons (Fsp3) is 0.450. The Labute approximate surface area is 162 Å². The number of hydrogen-bond donors (Lipinski definition) is 2. The maximum absolute atomic E-state index is 13.5. The standard InChI is InChI=1S/C20H24FN3O4/c1-11(22-18(25)13-6-4-5-7-13)20-24-17(12(2)28-20)19(26)23-15-10-14(21)8-9-16(15)27-3/h8-11,13H,4-7H2,1-3H3,(H,22,25)(H,23,26)/t11-/m1/s1. The Bertz CT molecular complexity index is 874. The van der Waals surface area contributed by atoms with Crippen LogP contribution < -0.4 is 15.4 Å². The molecule has 2 N–H and O–H groups in total. The van der Waals surface area contributed by atoms with Crippen molar-refractivity contribution in [2.24, 2.45) is 5.92 Å². The highest BCUT2D eigenvalue weighted by Gasteiger charge is 2.27. The van der Waals surface area contributed by atoms with Crippen LogP contribution in [0.2, 0.25) is 0 Å². The Morgan fingerprint density at radius 2 is 2.04 bits per heavy atom. The molecule has 1 saturated carbocycles. The van der Waals surface area contributed by atoms with Gasteiger partial charge in [-0.15, -0.1) is 0 Å². The summed E-state index contributed by atoms with van der Waals surface area (Å²) in [6, 6.07) is 3.37. The lowest BCUT2D eigenvalue weighted by atomic mass is 10.1. The van der Waals surface area contributed by atoms with Crippen molar-refractivity contribution in [3.05, 3.63) is 41.4 Å². The largest absolute Gasteiger partial charge is 0.495 e. The zero-order valence-corrected chi connectivity index (χ0v) is 16.2. The molecule has 150 valence electrons. The fourth-order valence-electron chi connectivity index (χ4n) is 3.35. The molecule has 1 aromatic heterocycles. The van der Waals surface area contributed by atoms with E-state index in [-0.39, 0.29) is 29.1 Å². The maximum atomic E-state index is 13.5. The smallest absolute Gasteiger partial charge is 0.278 e. The molecule has 1 aliphatic rings. The van der Waals surface area contributed by atoms with Crippen LogP contribution in [0.3, 0.4) is 0 Å². The van der Waals surface area contributed by atoms with Crippen LogP contribution in [0.25, 0.3) is 0 Å². The molecular weight excluding hydrogens is 365 g/mol. The van der Waals surface area contributed by atoms with Crippen molar-refractivity contribution in [2.45, 2.75) is 45.6 Å². The molecule has 0 spiro atoms. The number of oxazole rings is 1. The lowest BCUT2D eigenvalue weighted by Crippen LogP contribution is -2.31. The van der Waals surface area contributed by atoms with Crippen molar-refractivity contribution in [3.63, 3.8) is 0 Å². The lowest BCUT2D eigenvalue weighted by Gasteiger charge is -2.14. The zero-order chi connectivity index (χ0) is 20.3. The van der Waals surface area contributed by atoms with E-state index in [0.717, 1.165) is 31.7 Å². The van der Waals surface area contributed by atoms with Crippen molar-refractivity contribution >= 4 is 17.5 Å². The topological polar surface area (TPSA) is 93.5 Å². The molecule has 8 heteroatoms. The van der Waals surface area contributed by atoms with Gasteiger partial charge in [-0.05, 0) is 38.8 Å². The Morgan fingerprint density at radius 1 is 1.32 bits per heavy atom. The molecule has 0 bridgehead atoms. The van der Waals surface area contributed by atoms with E-state index < -0.39 is 17.8 Å². The summed E-state index contributed by atoms with van der Waals surface area (Å²) in [6.45, 7) is 3.37. The molecule has 2 amide bonds. The third-order valence-corrected chi connectivity index (χ3v) is 4.89. The summed E-state index contributed by atoms with van der Waals surface area (Å²) in [7, 11) is 1.43. The van der Waals surface area contributed by atoms with Gasteiger partial charge in [0.1, 0.15) is 23.4 Å². The summed E-state index contributed by atoms with van der Waals surface area (Å²) in [6.07, 6.45) is 3.93. The van der Waals surface area contributed by atoms with E-state index in [4.69, 9.17) is 9.15 Å². The molecule has 3 rings (SSSR count). The second-order valence-corrected chi connectivity index (χ2v) is 6.97. The molecule has 1 heterocycles. The van der Waals surface area contributed by atoms with Crippen molar-refractivity contribution in [1.29, 1.82) is 0 Å². The number of nitrogens with zero attached hydrogens (tertiary/aromatic N) is 1. The van der Waals surface area contributed by atoms with Crippen LogP contribution in [0.4, 0.5) is 10.1 Å². The molecule has 1 fully saturated rings. The van der Waals surface area contributed by atoms with Gasteiger partial charge in [0.25, 0.3) is 5.91 Å². The van der Waals surface area contributed by atoms with Gasteiger partial charge in [0.05, 0.1) is 12.8 Å². The van der Waals surface area contributed by atoms with Gasteiger partial charge in [0.2, 0.25) is 11.8 Å². The predicted molar refractivity (Wildman–Crippen MR) is 101 cm³/mol. The zero-order valence-electron chi connectivity index (χ0n) is 16.2. The van der Waals surface area contributed by atoms with Crippen molar-refractivity contribution in [3.8, 4) is 5.75 Å². The van der Waals surface area contributed by atoms with E-state index in [0.29, 0.717) is 11.5 Å². The van der Waals surface area contributed by atoms with Crippen LogP contribution >= 0.6 is 0 Å². The first-order valence-corrected chi connectivity index (χ1v) is 9.31. The number of carbonyl (C=O) groups is 2. The highest BCUT2D eigenvalue weighted by molar-refractivity contribution is 6.04. The molecule has 2 aromatic rings. The monoisotopic (exact) mass is 389 g/mol. The van der Waals surface area contributed by atoms with E-state index >= 15 is 0 Å². The number of amides is 2. The maximum Gasteiger partial charge on any atom is 0.278 e. The molecule has 1 aromatic carbocycles. The van der Waals surface area contributed by atoms with Crippen LogP contribution in [-0.2, 0) is 4.79 Å². The molecular formula is C20H24FN3O4. The van der Waals surface area contributed by atoms with Crippen molar-refractivity contribution in [2.75, 3.05) is 12.4 Å². The highest BCUT2D eigenvalue weighted by atomic mass is 19.1. The summed E-state index contributed by atoms with van der Waals surface area (Å²) in [5, 5.41) is 5.48. The van der Waals surface area contributed by atoms with Gasteiger partial charge in [-0.2, -0.15) is 0 Å². The predicted octanol–water partition coefficient (Wildman–Crippen LogP) is 3.75. The number of aryl methyl sites for hydroxylation is 1. The number of methoxy groups -OCH3 is 1. The Morgan fingerprint density at radius 3 is 2.71 bits per heavy atom. The number of hydrogen-bond acceptors (Lipinski definition) is 5. The first-order chi connectivity index (χ1) is 13.4. The first-order valence-electron chi connectivity index (χ1n) is 9.31. The van der Waals surface area contributed by atoms with Gasteiger partial charge in [0, 0.05) is 12.0 Å². The van der Waals surface area contributed by atoms with Crippen molar-refractivity contribution < 1.29 is 23.1 Å². The normalized spacial score (nSPS) is 15.3. The minimum atomic E-state index is -0.550. The van der Waals surface area contributed by atoms with E-state index in [1.807, 2.05) is 0 Å². The number of carbonyl (C=O) groups excluding carboxylic acids is 2. The van der Waals surface area contributed by atoms with Gasteiger partial charge in [-0.1, -0.05) is 12.8 Å². The average Bonchev–Trinajstić information content (AvgIpc) is 3.31. The molecule has 28 heavy (non-hydrogen) atoms. The summed E-state index contributed by atoms with van der Waals surface area (Å²) >= 11 is 0. The minimum Gasteiger partial charge on any atom is -0.495 e. The van der Waals surface area contributed by atoms with E-state index in [1.54, 1.807) is 13.8 Å². The number of benzene rings is 1. The van der Waals surface area contributed by atoms with Gasteiger partial charge >= 0.3 is 0 Å². The Kier molecular flexibility index (Phi) is 5.96. The van der Waals surface area contributed by atoms with Crippen LogP contribution in [-0.4, -0.2) is 23.9 Å². The second-order valence-electron chi connectivity index (χ2n) is 6.97. The summed E-state index contributed by atoms with van der Waals surface area (Å²) in [4.78, 5) is 29.1. The minimum absolute atomic E-state index is 0.0173. The number of aromatic nitrogens is 1. The summed E-state index contributed by atoms with van der Waals surface area (Å²) in [5.74, 6) is -0.154. The van der Waals surface area contributed by atoms with E-state index in [2.05, 4.69) is 15.6 Å².